The summed E-state index contributed by atoms with van der Waals surface area (Å²) < 4.78 is 10.3. The lowest BCUT2D eigenvalue weighted by Gasteiger charge is -2.14. The second-order valence-electron chi connectivity index (χ2n) is 7.29. The zero-order valence-corrected chi connectivity index (χ0v) is 18.2. The van der Waals surface area contributed by atoms with Crippen LogP contribution in [0.1, 0.15) is 45.1 Å². The molecular weight excluding hydrogens is 404 g/mol. The summed E-state index contributed by atoms with van der Waals surface area (Å²) in [6.07, 6.45) is 6.44. The van der Waals surface area contributed by atoms with Crippen LogP contribution in [0.3, 0.4) is 0 Å². The second-order valence-corrected chi connectivity index (χ2v) is 7.29. The summed E-state index contributed by atoms with van der Waals surface area (Å²) in [6, 6.07) is 3.28. The van der Waals surface area contributed by atoms with E-state index in [1.807, 2.05) is 5.32 Å². The van der Waals surface area contributed by atoms with Crippen LogP contribution in [0.15, 0.2) is 30.4 Å². The number of allylic oxidation sites excluding steroid dienone is 2. The number of aliphatic carboxylic acids is 1. The van der Waals surface area contributed by atoms with Crippen LogP contribution < -0.4 is 20.1 Å². The highest BCUT2D eigenvalue weighted by molar-refractivity contribution is 5.81. The largest absolute Gasteiger partial charge is 0.493 e. The van der Waals surface area contributed by atoms with E-state index in [-0.39, 0.29) is 17.4 Å². The molecule has 0 bridgehead atoms. The highest BCUT2D eigenvalue weighted by Crippen LogP contribution is 2.28. The van der Waals surface area contributed by atoms with Crippen molar-refractivity contribution in [3.63, 3.8) is 0 Å². The number of hydrogen-bond donors (Lipinski definition) is 4. The number of aliphatic hydroxyl groups excluding tert-OH is 1. The Morgan fingerprint density at radius 3 is 2.52 bits per heavy atom. The molecule has 1 aromatic rings. The molecule has 0 aliphatic carbocycles. The van der Waals surface area contributed by atoms with Gasteiger partial charge in [0, 0.05) is 13.0 Å². The molecule has 1 atom stereocenters. The highest BCUT2D eigenvalue weighted by atomic mass is 16.6. The molecule has 0 aliphatic rings. The maximum Gasteiger partial charge on any atom is 0.413 e. The van der Waals surface area contributed by atoms with Crippen LogP contribution in [0.2, 0.25) is 0 Å². The summed E-state index contributed by atoms with van der Waals surface area (Å²) in [5.41, 5.74) is 0.747. The van der Waals surface area contributed by atoms with Crippen molar-refractivity contribution in [3.8, 4) is 11.5 Å². The predicted octanol–water partition coefficient (Wildman–Crippen LogP) is 2.62. The number of carbonyl (C=O) groups excluding carboxylic acids is 2. The summed E-state index contributed by atoms with van der Waals surface area (Å²) in [5, 5.41) is 22.7. The minimum Gasteiger partial charge on any atom is -0.493 e. The first-order valence-electron chi connectivity index (χ1n) is 10.2. The van der Waals surface area contributed by atoms with E-state index in [1.54, 1.807) is 12.1 Å². The average molecular weight is 437 g/mol. The summed E-state index contributed by atoms with van der Waals surface area (Å²) in [6.45, 7) is 3.77. The number of nitrogens with one attached hydrogen (secondary N) is 2. The van der Waals surface area contributed by atoms with Crippen molar-refractivity contribution in [1.82, 2.24) is 10.6 Å². The van der Waals surface area contributed by atoms with E-state index in [1.165, 1.54) is 13.2 Å². The van der Waals surface area contributed by atoms with Crippen molar-refractivity contribution in [1.29, 1.82) is 0 Å². The van der Waals surface area contributed by atoms with Gasteiger partial charge in [-0.05, 0) is 42.9 Å². The molecule has 0 saturated heterocycles. The SMILES string of the molecule is COc1cc(CNC(=O)CCCC/C=C/C(C)C)ccc1OC(=O)N[C@@H](CO)C(=O)O. The van der Waals surface area contributed by atoms with Crippen LogP contribution in [0.4, 0.5) is 4.79 Å². The van der Waals surface area contributed by atoms with E-state index in [0.29, 0.717) is 18.9 Å². The van der Waals surface area contributed by atoms with Crippen LogP contribution in [0.25, 0.3) is 0 Å². The topological polar surface area (TPSA) is 134 Å². The van der Waals surface area contributed by atoms with E-state index in [9.17, 15) is 14.4 Å². The van der Waals surface area contributed by atoms with Crippen molar-refractivity contribution >= 4 is 18.0 Å². The van der Waals surface area contributed by atoms with Gasteiger partial charge in [-0.25, -0.2) is 9.59 Å². The number of methoxy groups -OCH3 is 1. The number of aliphatic hydroxyl groups is 1. The summed E-state index contributed by atoms with van der Waals surface area (Å²) in [7, 11) is 1.39. The van der Waals surface area contributed by atoms with Gasteiger partial charge < -0.3 is 30.3 Å². The Hall–Kier alpha value is -3.07. The van der Waals surface area contributed by atoms with Gasteiger partial charge in [-0.15, -0.1) is 0 Å². The van der Waals surface area contributed by atoms with Crippen molar-refractivity contribution in [3.05, 3.63) is 35.9 Å². The van der Waals surface area contributed by atoms with Crippen LogP contribution in [-0.2, 0) is 16.1 Å². The van der Waals surface area contributed by atoms with E-state index >= 15 is 0 Å². The van der Waals surface area contributed by atoms with E-state index < -0.39 is 24.7 Å². The van der Waals surface area contributed by atoms with Gasteiger partial charge in [0.25, 0.3) is 0 Å². The maximum absolute atomic E-state index is 12.0. The number of benzene rings is 1. The molecule has 9 heteroatoms. The van der Waals surface area contributed by atoms with Gasteiger partial charge in [-0.3, -0.25) is 4.79 Å². The lowest BCUT2D eigenvalue weighted by Crippen LogP contribution is -2.44. The Morgan fingerprint density at radius 2 is 1.90 bits per heavy atom. The molecule has 2 amide bonds. The quantitative estimate of drug-likeness (QED) is 0.276. The van der Waals surface area contributed by atoms with Crippen LogP contribution >= 0.6 is 0 Å². The van der Waals surface area contributed by atoms with E-state index in [0.717, 1.165) is 24.8 Å². The number of carboxylic acid groups (broad SMARTS) is 1. The minimum absolute atomic E-state index is 0.0461. The van der Waals surface area contributed by atoms with Crippen LogP contribution in [0.5, 0.6) is 11.5 Å². The second kappa shape index (κ2) is 14.0. The Balaban J connectivity index is 2.50. The fourth-order valence-electron chi connectivity index (χ4n) is 2.57. The van der Waals surface area contributed by atoms with Gasteiger partial charge >= 0.3 is 12.1 Å². The number of hydrogen-bond acceptors (Lipinski definition) is 6. The molecule has 4 N–H and O–H groups in total. The van der Waals surface area contributed by atoms with Gasteiger partial charge in [0.1, 0.15) is 0 Å². The number of carbonyl (C=O) groups is 3. The highest BCUT2D eigenvalue weighted by Gasteiger charge is 2.20. The van der Waals surface area contributed by atoms with Gasteiger partial charge in [-0.2, -0.15) is 0 Å². The number of rotatable bonds is 13. The Bertz CT molecular complexity index is 762. The zero-order chi connectivity index (χ0) is 23.2. The molecule has 0 aliphatic heterocycles. The number of ether oxygens (including phenoxy) is 2. The van der Waals surface area contributed by atoms with Gasteiger partial charge in [0.15, 0.2) is 17.5 Å². The average Bonchev–Trinajstić information content (AvgIpc) is 2.73. The molecule has 0 radical (unpaired) electrons. The van der Waals surface area contributed by atoms with Crippen molar-refractivity contribution in [2.45, 2.75) is 52.1 Å². The molecule has 0 spiro atoms. The van der Waals surface area contributed by atoms with Gasteiger partial charge in [-0.1, -0.05) is 32.1 Å². The lowest BCUT2D eigenvalue weighted by molar-refractivity contribution is -0.140. The molecule has 0 fully saturated rings. The standard InChI is InChI=1S/C22H32N2O7/c1-15(2)8-6-4-5-7-9-20(26)23-13-16-10-11-18(19(12-16)30-3)31-22(29)24-17(14-25)21(27)28/h6,8,10-12,15,17,25H,4-5,7,9,13-14H2,1-3H3,(H,23,26)(H,24,29)(H,27,28)/b8-6+/t17-/m0/s1. The first-order valence-corrected chi connectivity index (χ1v) is 10.2. The molecular formula is C22H32N2O7. The predicted molar refractivity (Wildman–Crippen MR) is 115 cm³/mol. The number of carboxylic acids is 1. The fourth-order valence-corrected chi connectivity index (χ4v) is 2.57. The third-order valence-electron chi connectivity index (χ3n) is 4.24. The van der Waals surface area contributed by atoms with E-state index in [4.69, 9.17) is 19.7 Å². The molecule has 172 valence electrons. The summed E-state index contributed by atoms with van der Waals surface area (Å²) in [5.74, 6) is -0.574. The summed E-state index contributed by atoms with van der Waals surface area (Å²) >= 11 is 0. The van der Waals surface area contributed by atoms with E-state index in [2.05, 4.69) is 31.3 Å². The third-order valence-corrected chi connectivity index (χ3v) is 4.24. The first-order chi connectivity index (χ1) is 14.8. The normalized spacial score (nSPS) is 11.9. The van der Waals surface area contributed by atoms with Crippen molar-refractivity contribution in [2.24, 2.45) is 5.92 Å². The maximum atomic E-state index is 12.0. The molecule has 0 saturated carbocycles. The Labute approximate surface area is 182 Å². The molecule has 0 unspecified atom stereocenters. The van der Waals surface area contributed by atoms with Gasteiger partial charge in [0.2, 0.25) is 5.91 Å². The molecule has 1 aromatic carbocycles. The Morgan fingerprint density at radius 1 is 1.16 bits per heavy atom. The lowest BCUT2D eigenvalue weighted by atomic mass is 10.1. The van der Waals surface area contributed by atoms with Crippen LogP contribution in [-0.4, -0.2) is 47.9 Å². The fraction of sp³-hybridized carbons (Fsp3) is 0.500. The minimum atomic E-state index is -1.47. The third kappa shape index (κ3) is 10.5. The van der Waals surface area contributed by atoms with Gasteiger partial charge in [0.05, 0.1) is 13.7 Å². The monoisotopic (exact) mass is 436 g/mol. The molecule has 31 heavy (non-hydrogen) atoms. The molecule has 9 nitrogen and oxygen atoms in total. The number of amides is 2. The first kappa shape index (κ1) is 26.0. The smallest absolute Gasteiger partial charge is 0.413 e. The Kier molecular flexibility index (Phi) is 11.7. The van der Waals surface area contributed by atoms with Crippen molar-refractivity contribution in [2.75, 3.05) is 13.7 Å². The molecule has 0 heterocycles. The zero-order valence-electron chi connectivity index (χ0n) is 18.2. The molecule has 0 aromatic heterocycles. The van der Waals surface area contributed by atoms with Crippen molar-refractivity contribution < 1.29 is 34.1 Å². The van der Waals surface area contributed by atoms with Crippen LogP contribution in [0, 0.1) is 5.92 Å². The number of unbranched alkanes of at least 4 members (excludes halogenated alkanes) is 2. The summed E-state index contributed by atoms with van der Waals surface area (Å²) in [4.78, 5) is 34.7. The molecule has 1 rings (SSSR count).